The smallest absolute Gasteiger partial charge is 0.148 e. The summed E-state index contributed by atoms with van der Waals surface area (Å²) in [5.41, 5.74) is 1.07. The van der Waals surface area contributed by atoms with E-state index in [-0.39, 0.29) is 10.9 Å². The highest BCUT2D eigenvalue weighted by Crippen LogP contribution is 2.21. The average Bonchev–Trinajstić information content (AvgIpc) is 2.07. The lowest BCUT2D eigenvalue weighted by Crippen LogP contribution is -1.83. The minimum Gasteiger partial charge on any atom is -0.506 e. The molecule has 0 aliphatic rings. The molecule has 12 heavy (non-hydrogen) atoms. The van der Waals surface area contributed by atoms with Gasteiger partial charge in [0.25, 0.3) is 0 Å². The van der Waals surface area contributed by atoms with Crippen LogP contribution in [0.1, 0.15) is 0 Å². The summed E-state index contributed by atoms with van der Waals surface area (Å²) in [4.78, 5) is 7.92. The first-order chi connectivity index (χ1) is 5.77. The van der Waals surface area contributed by atoms with E-state index in [1.165, 1.54) is 6.20 Å². The third-order valence-corrected chi connectivity index (χ3v) is 1.70. The second-order valence-electron chi connectivity index (χ2n) is 2.34. The van der Waals surface area contributed by atoms with Crippen LogP contribution in [0, 0.1) is 0 Å². The van der Waals surface area contributed by atoms with Crippen molar-refractivity contribution < 1.29 is 5.11 Å². The zero-order valence-electron chi connectivity index (χ0n) is 6.03. The van der Waals surface area contributed by atoms with Crippen LogP contribution < -0.4 is 0 Å². The molecule has 0 bridgehead atoms. The lowest BCUT2D eigenvalue weighted by atomic mass is 10.3. The predicted octanol–water partition coefficient (Wildman–Crippen LogP) is 1.99. The Morgan fingerprint density at radius 3 is 3.00 bits per heavy atom. The second-order valence-corrected chi connectivity index (χ2v) is 2.72. The quantitative estimate of drug-likeness (QED) is 0.675. The summed E-state index contributed by atoms with van der Waals surface area (Å²) in [6, 6.07) is 5.02. The van der Waals surface area contributed by atoms with Gasteiger partial charge in [-0.2, -0.15) is 0 Å². The first-order valence-electron chi connectivity index (χ1n) is 3.37. The molecule has 2 aromatic rings. The number of hydrogen-bond donors (Lipinski definition) is 1. The van der Waals surface area contributed by atoms with E-state index in [1.807, 2.05) is 0 Å². The van der Waals surface area contributed by atoms with Gasteiger partial charge in [-0.1, -0.05) is 17.7 Å². The molecule has 0 spiro atoms. The highest BCUT2D eigenvalue weighted by atomic mass is 35.5. The van der Waals surface area contributed by atoms with Crippen LogP contribution in [0.15, 0.2) is 24.4 Å². The molecule has 0 saturated carbocycles. The lowest BCUT2D eigenvalue weighted by molar-refractivity contribution is 0.480. The van der Waals surface area contributed by atoms with Crippen LogP contribution in [0.2, 0.25) is 5.15 Å². The fraction of sp³-hybridized carbons (Fsp3) is 0. The maximum atomic E-state index is 9.33. The first kappa shape index (κ1) is 7.31. The molecule has 60 valence electrons. The van der Waals surface area contributed by atoms with Crippen LogP contribution in [0.3, 0.4) is 0 Å². The van der Waals surface area contributed by atoms with Crippen molar-refractivity contribution >= 4 is 22.6 Å². The Labute approximate surface area is 73.6 Å². The third-order valence-electron chi connectivity index (χ3n) is 1.52. The number of aromatic nitrogens is 2. The maximum Gasteiger partial charge on any atom is 0.148 e. The number of rotatable bonds is 0. The molecule has 3 nitrogen and oxygen atoms in total. The van der Waals surface area contributed by atoms with E-state index < -0.39 is 0 Å². The minimum absolute atomic E-state index is 0.0995. The van der Waals surface area contributed by atoms with Crippen molar-refractivity contribution in [3.63, 3.8) is 0 Å². The predicted molar refractivity (Wildman–Crippen MR) is 46.2 cm³/mol. The van der Waals surface area contributed by atoms with Crippen LogP contribution in [0.5, 0.6) is 5.75 Å². The molecular weight excluding hydrogens is 176 g/mol. The van der Waals surface area contributed by atoms with E-state index in [1.54, 1.807) is 18.2 Å². The van der Waals surface area contributed by atoms with E-state index in [0.29, 0.717) is 11.0 Å². The fourth-order valence-corrected chi connectivity index (χ4v) is 1.13. The van der Waals surface area contributed by atoms with Gasteiger partial charge < -0.3 is 5.11 Å². The van der Waals surface area contributed by atoms with Gasteiger partial charge in [-0.3, -0.25) is 4.98 Å². The highest BCUT2D eigenvalue weighted by molar-refractivity contribution is 6.29. The Hall–Kier alpha value is -1.35. The number of phenols is 1. The van der Waals surface area contributed by atoms with Crippen molar-refractivity contribution in [1.82, 2.24) is 9.97 Å². The number of fused-ring (bicyclic) bond motifs is 1. The molecule has 0 aliphatic heterocycles. The summed E-state index contributed by atoms with van der Waals surface area (Å²) in [7, 11) is 0. The molecule has 2 rings (SSSR count). The van der Waals surface area contributed by atoms with Crippen molar-refractivity contribution in [2.24, 2.45) is 0 Å². The van der Waals surface area contributed by atoms with Gasteiger partial charge in [0.15, 0.2) is 0 Å². The van der Waals surface area contributed by atoms with E-state index in [9.17, 15) is 5.11 Å². The number of para-hydroxylation sites is 1. The molecule has 1 aromatic carbocycles. The Morgan fingerprint density at radius 1 is 1.33 bits per heavy atom. The zero-order valence-corrected chi connectivity index (χ0v) is 6.78. The standard InChI is InChI=1S/C8H5ClN2O/c9-7-4-10-5-2-1-3-6(12)8(5)11-7/h1-4,12H. The van der Waals surface area contributed by atoms with Gasteiger partial charge in [0.05, 0.1) is 11.7 Å². The van der Waals surface area contributed by atoms with Crippen molar-refractivity contribution in [3.8, 4) is 5.75 Å². The van der Waals surface area contributed by atoms with E-state index in [2.05, 4.69) is 9.97 Å². The van der Waals surface area contributed by atoms with Gasteiger partial charge in [0, 0.05) is 0 Å². The normalized spacial score (nSPS) is 10.4. The molecule has 1 N–H and O–H groups in total. The largest absolute Gasteiger partial charge is 0.506 e. The van der Waals surface area contributed by atoms with Crippen LogP contribution >= 0.6 is 11.6 Å². The second kappa shape index (κ2) is 2.60. The van der Waals surface area contributed by atoms with Gasteiger partial charge in [-0.15, -0.1) is 0 Å². The molecule has 0 fully saturated rings. The van der Waals surface area contributed by atoms with Gasteiger partial charge in [0.2, 0.25) is 0 Å². The molecule has 0 atom stereocenters. The summed E-state index contributed by atoms with van der Waals surface area (Å²) >= 11 is 5.61. The van der Waals surface area contributed by atoms with Gasteiger partial charge in [-0.25, -0.2) is 4.98 Å². The van der Waals surface area contributed by atoms with Crippen LogP contribution in [-0.4, -0.2) is 15.1 Å². The summed E-state index contributed by atoms with van der Waals surface area (Å²) in [6.45, 7) is 0. The number of aromatic hydroxyl groups is 1. The van der Waals surface area contributed by atoms with Gasteiger partial charge in [-0.05, 0) is 12.1 Å². The monoisotopic (exact) mass is 180 g/mol. The topological polar surface area (TPSA) is 46.0 Å². The molecule has 0 unspecified atom stereocenters. The number of halogens is 1. The van der Waals surface area contributed by atoms with Gasteiger partial charge in [0.1, 0.15) is 16.4 Å². The minimum atomic E-state index is 0.0995. The van der Waals surface area contributed by atoms with Crippen molar-refractivity contribution in [2.75, 3.05) is 0 Å². The lowest BCUT2D eigenvalue weighted by Gasteiger charge is -1.97. The van der Waals surface area contributed by atoms with Crippen molar-refractivity contribution in [3.05, 3.63) is 29.5 Å². The summed E-state index contributed by atoms with van der Waals surface area (Å²) in [5.74, 6) is 0.0995. The fourth-order valence-electron chi connectivity index (χ4n) is 0.997. The van der Waals surface area contributed by atoms with Crippen molar-refractivity contribution in [2.45, 2.75) is 0 Å². The molecular formula is C8H5ClN2O. The average molecular weight is 181 g/mol. The highest BCUT2D eigenvalue weighted by Gasteiger charge is 2.01. The van der Waals surface area contributed by atoms with Crippen LogP contribution in [0.4, 0.5) is 0 Å². The first-order valence-corrected chi connectivity index (χ1v) is 3.75. The Morgan fingerprint density at radius 2 is 2.17 bits per heavy atom. The maximum absolute atomic E-state index is 9.33. The number of phenolic OH excluding ortho intramolecular Hbond substituents is 1. The third kappa shape index (κ3) is 1.08. The van der Waals surface area contributed by atoms with E-state index in [0.717, 1.165) is 0 Å². The molecule has 1 aromatic heterocycles. The Bertz CT molecular complexity index is 430. The van der Waals surface area contributed by atoms with E-state index >= 15 is 0 Å². The molecule has 1 heterocycles. The summed E-state index contributed by atoms with van der Waals surface area (Å²) in [5, 5.41) is 9.62. The zero-order chi connectivity index (χ0) is 8.55. The summed E-state index contributed by atoms with van der Waals surface area (Å²) in [6.07, 6.45) is 1.45. The number of hydrogen-bond acceptors (Lipinski definition) is 3. The van der Waals surface area contributed by atoms with Gasteiger partial charge >= 0.3 is 0 Å². The van der Waals surface area contributed by atoms with E-state index in [4.69, 9.17) is 11.6 Å². The number of nitrogens with zero attached hydrogens (tertiary/aromatic N) is 2. The SMILES string of the molecule is Oc1cccc2ncc(Cl)nc12. The molecule has 4 heteroatoms. The molecule has 0 aliphatic carbocycles. The van der Waals surface area contributed by atoms with Crippen LogP contribution in [-0.2, 0) is 0 Å². The molecule has 0 amide bonds. The van der Waals surface area contributed by atoms with Crippen molar-refractivity contribution in [1.29, 1.82) is 0 Å². The Kier molecular flexibility index (Phi) is 1.59. The van der Waals surface area contributed by atoms with Crippen LogP contribution in [0.25, 0.3) is 11.0 Å². The molecule has 0 radical (unpaired) electrons. The summed E-state index contributed by atoms with van der Waals surface area (Å²) < 4.78 is 0. The number of benzene rings is 1. The molecule has 0 saturated heterocycles. The Balaban J connectivity index is 2.88.